The molecule has 1 fully saturated rings. The van der Waals surface area contributed by atoms with Crippen LogP contribution in [0.3, 0.4) is 0 Å². The van der Waals surface area contributed by atoms with Gasteiger partial charge in [0.25, 0.3) is 0 Å². The molecule has 0 aliphatic carbocycles. The predicted octanol–water partition coefficient (Wildman–Crippen LogP) is 2.92. The largest absolute Gasteiger partial charge is 0.326 e. The van der Waals surface area contributed by atoms with Crippen LogP contribution in [0.15, 0.2) is 42.5 Å². The number of fused-ring (bicyclic) bond motifs is 1. The normalized spacial score (nSPS) is 18.8. The number of hydrogen-bond acceptors (Lipinski definition) is 4. The summed E-state index contributed by atoms with van der Waals surface area (Å²) in [4.78, 5) is 26.6. The van der Waals surface area contributed by atoms with Crippen LogP contribution in [0.25, 0.3) is 0 Å². The second-order valence-electron chi connectivity index (χ2n) is 7.79. The summed E-state index contributed by atoms with van der Waals surface area (Å²) >= 11 is 0. The smallest absolute Gasteiger partial charge is 0.234 e. The van der Waals surface area contributed by atoms with Crippen molar-refractivity contribution in [2.45, 2.75) is 26.2 Å². The highest BCUT2D eigenvalue weighted by atomic mass is 32.2. The number of sulfonamides is 1. The molecule has 2 aromatic rings. The van der Waals surface area contributed by atoms with Gasteiger partial charge in [-0.1, -0.05) is 0 Å². The van der Waals surface area contributed by atoms with E-state index in [0.29, 0.717) is 30.0 Å². The minimum absolute atomic E-state index is 0.0329. The zero-order valence-electron chi connectivity index (χ0n) is 17.2. The van der Waals surface area contributed by atoms with Crippen LogP contribution in [0.5, 0.6) is 0 Å². The van der Waals surface area contributed by atoms with Gasteiger partial charge in [0.05, 0.1) is 17.4 Å². The van der Waals surface area contributed by atoms with Gasteiger partial charge in [0, 0.05) is 30.9 Å². The molecule has 9 heteroatoms. The highest BCUT2D eigenvalue weighted by molar-refractivity contribution is 7.92. The first-order chi connectivity index (χ1) is 14.8. The maximum Gasteiger partial charge on any atom is 0.234 e. The lowest BCUT2D eigenvalue weighted by Gasteiger charge is -2.30. The summed E-state index contributed by atoms with van der Waals surface area (Å²) in [5.74, 6) is -1.33. The number of rotatable bonds is 5. The number of nitrogens with one attached hydrogen (secondary N) is 1. The highest BCUT2D eigenvalue weighted by Gasteiger charge is 2.35. The van der Waals surface area contributed by atoms with E-state index in [2.05, 4.69) is 5.32 Å². The Morgan fingerprint density at radius 2 is 1.94 bits per heavy atom. The van der Waals surface area contributed by atoms with Crippen LogP contribution < -0.4 is 14.5 Å². The first kappa shape index (κ1) is 21.3. The van der Waals surface area contributed by atoms with Crippen LogP contribution in [-0.4, -0.2) is 39.1 Å². The van der Waals surface area contributed by atoms with E-state index in [0.717, 1.165) is 12.0 Å². The average molecular weight is 446 g/mol. The molecular weight excluding hydrogens is 421 g/mol. The van der Waals surface area contributed by atoms with Crippen molar-refractivity contribution in [1.82, 2.24) is 0 Å². The quantitative estimate of drug-likeness (QED) is 0.767. The molecule has 4 rings (SSSR count). The molecule has 0 spiro atoms. The van der Waals surface area contributed by atoms with Crippen molar-refractivity contribution in [3.8, 4) is 0 Å². The van der Waals surface area contributed by atoms with Gasteiger partial charge in [-0.2, -0.15) is 0 Å². The molecule has 2 aromatic carbocycles. The van der Waals surface area contributed by atoms with E-state index in [1.165, 1.54) is 33.5 Å². The fraction of sp³-hybridized carbons (Fsp3) is 0.364. The molecule has 2 heterocycles. The molecule has 2 amide bonds. The highest BCUT2D eigenvalue weighted by Crippen LogP contribution is 2.32. The molecule has 0 unspecified atom stereocenters. The van der Waals surface area contributed by atoms with Gasteiger partial charge in [0.15, 0.2) is 0 Å². The Labute approximate surface area is 180 Å². The average Bonchev–Trinajstić information content (AvgIpc) is 3.15. The topological polar surface area (TPSA) is 86.8 Å². The summed E-state index contributed by atoms with van der Waals surface area (Å²) in [6.45, 7) is 2.30. The second-order valence-corrected chi connectivity index (χ2v) is 9.97. The van der Waals surface area contributed by atoms with Crippen LogP contribution >= 0.6 is 0 Å². The Bertz CT molecular complexity index is 1120. The monoisotopic (exact) mass is 445 g/mol. The van der Waals surface area contributed by atoms with Gasteiger partial charge in [0.2, 0.25) is 21.8 Å². The molecule has 0 aromatic heterocycles. The third kappa shape index (κ3) is 4.27. The zero-order valence-corrected chi connectivity index (χ0v) is 18.0. The van der Waals surface area contributed by atoms with Gasteiger partial charge in [-0.3, -0.25) is 13.9 Å². The summed E-state index contributed by atoms with van der Waals surface area (Å²) in [5, 5.41) is 2.86. The molecular formula is C22H24FN3O4S. The number of aryl methyl sites for hydroxylation is 1. The number of anilines is 3. The van der Waals surface area contributed by atoms with E-state index < -0.39 is 15.9 Å². The maximum absolute atomic E-state index is 13.1. The van der Waals surface area contributed by atoms with Crippen LogP contribution in [-0.2, 0) is 26.0 Å². The number of halogens is 1. The Balaban J connectivity index is 1.47. The maximum atomic E-state index is 13.1. The lowest BCUT2D eigenvalue weighted by Crippen LogP contribution is -2.36. The molecule has 0 bridgehead atoms. The van der Waals surface area contributed by atoms with Gasteiger partial charge in [0.1, 0.15) is 5.82 Å². The van der Waals surface area contributed by atoms with Gasteiger partial charge < -0.3 is 10.2 Å². The molecule has 1 saturated heterocycles. The summed E-state index contributed by atoms with van der Waals surface area (Å²) < 4.78 is 39.3. The van der Waals surface area contributed by atoms with Crippen molar-refractivity contribution < 1.29 is 22.4 Å². The summed E-state index contributed by atoms with van der Waals surface area (Å²) in [5.41, 5.74) is 2.67. The van der Waals surface area contributed by atoms with Crippen molar-refractivity contribution in [2.75, 3.05) is 33.4 Å². The molecule has 1 N–H and O–H groups in total. The molecule has 7 nitrogen and oxygen atoms in total. The van der Waals surface area contributed by atoms with Crippen molar-refractivity contribution >= 4 is 38.9 Å². The van der Waals surface area contributed by atoms with Crippen LogP contribution in [0, 0.1) is 11.7 Å². The number of benzene rings is 2. The Kier molecular flexibility index (Phi) is 5.70. The van der Waals surface area contributed by atoms with Gasteiger partial charge in [-0.25, -0.2) is 12.8 Å². The minimum atomic E-state index is -3.35. The van der Waals surface area contributed by atoms with E-state index in [1.807, 2.05) is 0 Å². The molecule has 31 heavy (non-hydrogen) atoms. The Morgan fingerprint density at radius 3 is 2.65 bits per heavy atom. The van der Waals surface area contributed by atoms with E-state index >= 15 is 0 Å². The lowest BCUT2D eigenvalue weighted by atomic mass is 10.0. The van der Waals surface area contributed by atoms with Crippen LogP contribution in [0.2, 0.25) is 0 Å². The fourth-order valence-electron chi connectivity index (χ4n) is 4.08. The van der Waals surface area contributed by atoms with Crippen molar-refractivity contribution in [3.63, 3.8) is 0 Å². The van der Waals surface area contributed by atoms with E-state index in [4.69, 9.17) is 0 Å². The molecule has 2 aliphatic heterocycles. The molecule has 1 atom stereocenters. The van der Waals surface area contributed by atoms with E-state index in [1.54, 1.807) is 25.1 Å². The van der Waals surface area contributed by atoms with Crippen molar-refractivity contribution in [2.24, 2.45) is 5.92 Å². The number of hydrogen-bond donors (Lipinski definition) is 1. The first-order valence-corrected chi connectivity index (χ1v) is 11.9. The van der Waals surface area contributed by atoms with Crippen LogP contribution in [0.1, 0.15) is 25.3 Å². The third-order valence-electron chi connectivity index (χ3n) is 5.76. The molecule has 2 aliphatic rings. The number of carbonyl (C=O) groups excluding carboxylic acids is 2. The first-order valence-electron chi connectivity index (χ1n) is 10.3. The Morgan fingerprint density at radius 1 is 1.19 bits per heavy atom. The summed E-state index contributed by atoms with van der Waals surface area (Å²) in [6.07, 6.45) is 1.53. The SMILES string of the molecule is CCS(=O)(=O)N1CCCc2cc(NC(=O)[C@H]3CC(=O)N(c4ccc(F)cc4)C3)ccc21. The zero-order chi connectivity index (χ0) is 22.2. The van der Waals surface area contributed by atoms with Crippen LogP contribution in [0.4, 0.5) is 21.5 Å². The lowest BCUT2D eigenvalue weighted by molar-refractivity contribution is -0.122. The van der Waals surface area contributed by atoms with Crippen molar-refractivity contribution in [3.05, 3.63) is 53.8 Å². The Hall–Kier alpha value is -2.94. The number of nitrogens with zero attached hydrogens (tertiary/aromatic N) is 2. The standard InChI is InChI=1S/C22H24FN3O4S/c1-2-31(29,30)26-11-3-4-15-12-18(7-10-20(15)26)24-22(28)16-13-21(27)25(14-16)19-8-5-17(23)6-9-19/h5-10,12,16H,2-4,11,13-14H2,1H3,(H,24,28)/t16-/m0/s1. The third-order valence-corrected chi connectivity index (χ3v) is 7.54. The number of carbonyl (C=O) groups is 2. The van der Waals surface area contributed by atoms with Crippen molar-refractivity contribution in [1.29, 1.82) is 0 Å². The number of amides is 2. The van der Waals surface area contributed by atoms with Gasteiger partial charge in [-0.05, 0) is 67.8 Å². The van der Waals surface area contributed by atoms with Gasteiger partial charge in [-0.15, -0.1) is 0 Å². The predicted molar refractivity (Wildman–Crippen MR) is 117 cm³/mol. The molecule has 0 radical (unpaired) electrons. The summed E-state index contributed by atoms with van der Waals surface area (Å²) in [6, 6.07) is 10.8. The molecule has 0 saturated carbocycles. The van der Waals surface area contributed by atoms with E-state index in [9.17, 15) is 22.4 Å². The molecule has 164 valence electrons. The second kappa shape index (κ2) is 8.30. The minimum Gasteiger partial charge on any atom is -0.326 e. The van der Waals surface area contributed by atoms with Gasteiger partial charge >= 0.3 is 0 Å². The fourth-order valence-corrected chi connectivity index (χ4v) is 5.28. The van der Waals surface area contributed by atoms with E-state index in [-0.39, 0.29) is 36.4 Å². The summed E-state index contributed by atoms with van der Waals surface area (Å²) in [7, 11) is -3.35.